The van der Waals surface area contributed by atoms with Gasteiger partial charge in [0.05, 0.1) is 29.5 Å². The van der Waals surface area contributed by atoms with E-state index in [-0.39, 0.29) is 5.54 Å². The van der Waals surface area contributed by atoms with Gasteiger partial charge in [0.2, 0.25) is 5.69 Å². The zero-order valence-electron chi connectivity index (χ0n) is 12.1. The van der Waals surface area contributed by atoms with Gasteiger partial charge < -0.3 is 5.32 Å². The van der Waals surface area contributed by atoms with Gasteiger partial charge in [-0.2, -0.15) is 5.10 Å². The Balaban J connectivity index is 1.81. The van der Waals surface area contributed by atoms with Crippen molar-refractivity contribution in [2.24, 2.45) is 0 Å². The summed E-state index contributed by atoms with van der Waals surface area (Å²) < 4.78 is 1.76. The Kier molecular flexibility index (Phi) is 3.22. The molecule has 1 aromatic carbocycles. The highest BCUT2D eigenvalue weighted by Gasteiger charge is 2.46. The SMILES string of the molecule is [C-]#[N+]c1cnn2cccc2c1NC1(c2ccc(Cl)cc2Cl)CC1. The van der Waals surface area contributed by atoms with Gasteiger partial charge in [0.15, 0.2) is 0 Å². The van der Waals surface area contributed by atoms with Crippen molar-refractivity contribution in [2.75, 3.05) is 5.32 Å². The minimum atomic E-state index is -0.243. The van der Waals surface area contributed by atoms with Gasteiger partial charge >= 0.3 is 0 Å². The fraction of sp³-hybridized carbons (Fsp3) is 0.176. The molecule has 3 aromatic rings. The van der Waals surface area contributed by atoms with E-state index in [2.05, 4.69) is 15.3 Å². The Hall–Kier alpha value is -2.22. The Morgan fingerprint density at radius 1 is 1.26 bits per heavy atom. The molecular formula is C17H12Cl2N4. The van der Waals surface area contributed by atoms with Crippen LogP contribution in [0.2, 0.25) is 10.0 Å². The largest absolute Gasteiger partial charge is 0.382 e. The quantitative estimate of drug-likeness (QED) is 0.655. The van der Waals surface area contributed by atoms with Crippen LogP contribution in [0.15, 0.2) is 42.7 Å². The molecule has 0 radical (unpaired) electrons. The number of halogens is 2. The molecule has 2 aromatic heterocycles. The van der Waals surface area contributed by atoms with Crippen LogP contribution in [0, 0.1) is 6.57 Å². The highest BCUT2D eigenvalue weighted by Crippen LogP contribution is 2.52. The average molecular weight is 343 g/mol. The second-order valence-electron chi connectivity index (χ2n) is 5.69. The summed E-state index contributed by atoms with van der Waals surface area (Å²) in [6.07, 6.45) is 5.37. The summed E-state index contributed by atoms with van der Waals surface area (Å²) in [5.74, 6) is 0. The standard InChI is InChI=1S/C17H12Cl2N4/c1-20-14-10-21-23-8-2-3-15(23)16(14)22-17(6-7-17)12-5-4-11(18)9-13(12)19/h2-5,8-10,22H,6-7H2. The van der Waals surface area contributed by atoms with Gasteiger partial charge in [-0.15, -0.1) is 0 Å². The Bertz CT molecular complexity index is 951. The number of nitrogens with one attached hydrogen (secondary N) is 1. The van der Waals surface area contributed by atoms with Crippen LogP contribution in [0.5, 0.6) is 0 Å². The van der Waals surface area contributed by atoms with Gasteiger partial charge in [-0.05, 0) is 42.7 Å². The summed E-state index contributed by atoms with van der Waals surface area (Å²) in [6.45, 7) is 7.41. The molecule has 23 heavy (non-hydrogen) atoms. The first-order chi connectivity index (χ1) is 11.1. The van der Waals surface area contributed by atoms with E-state index in [4.69, 9.17) is 29.8 Å². The number of anilines is 1. The van der Waals surface area contributed by atoms with Crippen LogP contribution in [0.25, 0.3) is 10.4 Å². The number of benzene rings is 1. The van der Waals surface area contributed by atoms with Crippen molar-refractivity contribution in [2.45, 2.75) is 18.4 Å². The lowest BCUT2D eigenvalue weighted by atomic mass is 10.0. The fourth-order valence-electron chi connectivity index (χ4n) is 2.90. The molecule has 0 unspecified atom stereocenters. The van der Waals surface area contributed by atoms with Gasteiger partial charge in [-0.3, -0.25) is 0 Å². The van der Waals surface area contributed by atoms with Crippen molar-refractivity contribution in [3.63, 3.8) is 0 Å². The van der Waals surface area contributed by atoms with Gasteiger partial charge in [-0.25, -0.2) is 9.36 Å². The first-order valence-electron chi connectivity index (χ1n) is 7.20. The molecule has 0 amide bonds. The van der Waals surface area contributed by atoms with Crippen LogP contribution < -0.4 is 5.32 Å². The molecular weight excluding hydrogens is 331 g/mol. The smallest absolute Gasteiger partial charge is 0.231 e. The van der Waals surface area contributed by atoms with Crippen LogP contribution >= 0.6 is 23.2 Å². The second-order valence-corrected chi connectivity index (χ2v) is 6.53. The van der Waals surface area contributed by atoms with E-state index in [1.54, 1.807) is 16.8 Å². The van der Waals surface area contributed by atoms with E-state index in [9.17, 15) is 0 Å². The first-order valence-corrected chi connectivity index (χ1v) is 7.96. The van der Waals surface area contributed by atoms with E-state index in [1.807, 2.05) is 30.5 Å². The predicted molar refractivity (Wildman–Crippen MR) is 92.5 cm³/mol. The van der Waals surface area contributed by atoms with Crippen molar-refractivity contribution in [1.29, 1.82) is 0 Å². The van der Waals surface area contributed by atoms with E-state index in [0.717, 1.165) is 29.6 Å². The lowest BCUT2D eigenvalue weighted by Gasteiger charge is -2.22. The fourth-order valence-corrected chi connectivity index (χ4v) is 3.49. The summed E-state index contributed by atoms with van der Waals surface area (Å²) in [4.78, 5) is 3.60. The van der Waals surface area contributed by atoms with Crippen molar-refractivity contribution in [1.82, 2.24) is 9.61 Å². The molecule has 1 saturated carbocycles. The summed E-state index contributed by atoms with van der Waals surface area (Å²) in [6, 6.07) is 9.42. The monoisotopic (exact) mass is 342 g/mol. The van der Waals surface area contributed by atoms with E-state index < -0.39 is 0 Å². The molecule has 4 nitrogen and oxygen atoms in total. The minimum Gasteiger partial charge on any atom is -0.382 e. The number of hydrogen-bond donors (Lipinski definition) is 1. The van der Waals surface area contributed by atoms with E-state index in [1.165, 1.54) is 0 Å². The Morgan fingerprint density at radius 2 is 2.09 bits per heavy atom. The zero-order chi connectivity index (χ0) is 16.0. The van der Waals surface area contributed by atoms with Gasteiger partial charge in [-0.1, -0.05) is 29.3 Å². The van der Waals surface area contributed by atoms with Gasteiger partial charge in [0.1, 0.15) is 0 Å². The minimum absolute atomic E-state index is 0.243. The van der Waals surface area contributed by atoms with Gasteiger partial charge in [0.25, 0.3) is 0 Å². The maximum atomic E-state index is 7.41. The molecule has 1 aliphatic rings. The number of nitrogens with zero attached hydrogens (tertiary/aromatic N) is 3. The van der Waals surface area contributed by atoms with Crippen LogP contribution in [0.4, 0.5) is 11.4 Å². The first kappa shape index (κ1) is 14.4. The van der Waals surface area contributed by atoms with E-state index in [0.29, 0.717) is 15.7 Å². The zero-order valence-corrected chi connectivity index (χ0v) is 13.6. The molecule has 0 aliphatic heterocycles. The highest BCUT2D eigenvalue weighted by atomic mass is 35.5. The normalized spacial score (nSPS) is 15.3. The highest BCUT2D eigenvalue weighted by molar-refractivity contribution is 6.35. The molecule has 0 bridgehead atoms. The van der Waals surface area contributed by atoms with Crippen molar-refractivity contribution < 1.29 is 0 Å². The maximum absolute atomic E-state index is 7.41. The van der Waals surface area contributed by atoms with Crippen LogP contribution in [-0.4, -0.2) is 9.61 Å². The molecule has 0 saturated heterocycles. The summed E-state index contributed by atoms with van der Waals surface area (Å²) >= 11 is 12.4. The maximum Gasteiger partial charge on any atom is 0.231 e. The average Bonchev–Trinajstić information content (AvgIpc) is 3.14. The van der Waals surface area contributed by atoms with Crippen LogP contribution in [0.1, 0.15) is 18.4 Å². The molecule has 0 spiro atoms. The molecule has 1 fully saturated rings. The lowest BCUT2D eigenvalue weighted by Crippen LogP contribution is -2.20. The number of fused-ring (bicyclic) bond motifs is 1. The molecule has 114 valence electrons. The molecule has 0 atom stereocenters. The molecule has 2 heterocycles. The number of hydrogen-bond acceptors (Lipinski definition) is 2. The summed E-state index contributed by atoms with van der Waals surface area (Å²) in [5.41, 5.74) is 2.96. The molecule has 1 N–H and O–H groups in total. The number of rotatable bonds is 3. The number of aromatic nitrogens is 2. The van der Waals surface area contributed by atoms with Crippen LogP contribution in [-0.2, 0) is 5.54 Å². The molecule has 4 rings (SSSR count). The summed E-state index contributed by atoms with van der Waals surface area (Å²) in [7, 11) is 0. The topological polar surface area (TPSA) is 33.7 Å². The van der Waals surface area contributed by atoms with Gasteiger partial charge in [0, 0.05) is 16.2 Å². The van der Waals surface area contributed by atoms with E-state index >= 15 is 0 Å². The molecule has 6 heteroatoms. The van der Waals surface area contributed by atoms with Crippen molar-refractivity contribution in [3.8, 4) is 0 Å². The Labute approximate surface area is 143 Å². The van der Waals surface area contributed by atoms with Crippen LogP contribution in [0.3, 0.4) is 0 Å². The summed E-state index contributed by atoms with van der Waals surface area (Å²) in [5, 5.41) is 9.06. The van der Waals surface area contributed by atoms with Crippen molar-refractivity contribution in [3.05, 3.63) is 69.8 Å². The second kappa shape index (κ2) is 5.16. The third kappa shape index (κ3) is 2.33. The third-order valence-corrected chi connectivity index (χ3v) is 4.77. The predicted octanol–water partition coefficient (Wildman–Crippen LogP) is 5.29. The lowest BCUT2D eigenvalue weighted by molar-refractivity contribution is 0.807. The van der Waals surface area contributed by atoms with Crippen molar-refractivity contribution >= 4 is 40.1 Å². The molecule has 1 aliphatic carbocycles. The third-order valence-electron chi connectivity index (χ3n) is 4.23. The Morgan fingerprint density at radius 3 is 2.78 bits per heavy atom.